The SMILES string of the molecule is CC#CC#CC#CC#CC#CC#CC#CC#CC(=O)OCCC(COC(=O)C#CC#CC#CC#CC#CC#CC#CC#CC)C1OC[C@@H](C)[C@@H]1COC(=O)C#CC#CC#CC#CC#CC#CC#CC#CC.[HH].[HH].[HH].[HH].[HH].[HH].[HH].[HH].[HH].[HH].[HH].[HH].[HH].[HH].[HH].[HH].[HH].[HH].[HH].[HH].[HH].[HH].[HH].[HH].[HH].[HH].[HH].[HH].[HH].[HH].[HH].[HH].[HH].[HH].[HH].[HH].[HH].[HH].[HH].[HH].[HH].[HH].[HH].[HH].[HH]. The lowest BCUT2D eigenvalue weighted by Gasteiger charge is -2.28. The van der Waals surface area contributed by atoms with Crippen molar-refractivity contribution in [2.75, 3.05) is 26.4 Å². The lowest BCUT2D eigenvalue weighted by atomic mass is 9.85. The quantitative estimate of drug-likeness (QED) is 0.104. The summed E-state index contributed by atoms with van der Waals surface area (Å²) in [5.74, 6) is 115. The molecule has 1 aliphatic rings. The fraction of sp³-hybridized carbons (Fsp3) is 0.203. The van der Waals surface area contributed by atoms with Crippen LogP contribution in [0.15, 0.2) is 0 Å². The van der Waals surface area contributed by atoms with E-state index in [1.54, 1.807) is 20.8 Å². The molecule has 1 aliphatic heterocycles. The second-order valence-corrected chi connectivity index (χ2v) is 11.7. The first-order valence-corrected chi connectivity index (χ1v) is 19.8. The highest BCUT2D eigenvalue weighted by molar-refractivity contribution is 5.90. The number of hydrogen-bond donors (Lipinski definition) is 0. The molecular formula is C64H116O7. The van der Waals surface area contributed by atoms with Crippen molar-refractivity contribution in [3.05, 3.63) is 0 Å². The molecule has 4 atom stereocenters. The van der Waals surface area contributed by atoms with E-state index < -0.39 is 29.9 Å². The lowest BCUT2D eigenvalue weighted by Crippen LogP contribution is -2.35. The minimum Gasteiger partial charge on any atom is -0.456 e. The Morgan fingerprint density at radius 3 is 0.986 bits per heavy atom. The van der Waals surface area contributed by atoms with Gasteiger partial charge in [0.05, 0.1) is 32.5 Å². The Kier molecular flexibility index (Phi) is 34.5. The summed E-state index contributed by atoms with van der Waals surface area (Å²) >= 11 is 0. The summed E-state index contributed by atoms with van der Waals surface area (Å²) in [5, 5.41) is 0. The van der Waals surface area contributed by atoms with Crippen LogP contribution in [-0.4, -0.2) is 50.4 Å². The van der Waals surface area contributed by atoms with Gasteiger partial charge in [0, 0.05) is 93.8 Å². The molecule has 414 valence electrons. The highest BCUT2D eigenvalue weighted by atomic mass is 16.5. The van der Waals surface area contributed by atoms with Gasteiger partial charge in [-0.05, 0) is 282 Å². The summed E-state index contributed by atoms with van der Waals surface area (Å²) < 4.78 is 22.2. The van der Waals surface area contributed by atoms with Crippen LogP contribution in [0.5, 0.6) is 0 Å². The third-order valence-corrected chi connectivity index (χ3v) is 7.03. The molecule has 1 saturated heterocycles. The maximum absolute atomic E-state index is 12.6. The van der Waals surface area contributed by atoms with Crippen molar-refractivity contribution in [3.8, 4) is 284 Å². The van der Waals surface area contributed by atoms with Crippen LogP contribution in [0, 0.1) is 302 Å². The molecular weight excluding hydrogens is 881 g/mol. The van der Waals surface area contributed by atoms with Crippen molar-refractivity contribution in [3.63, 3.8) is 0 Å². The third-order valence-electron chi connectivity index (χ3n) is 7.03. The van der Waals surface area contributed by atoms with Crippen LogP contribution in [0.3, 0.4) is 0 Å². The van der Waals surface area contributed by atoms with Crippen molar-refractivity contribution in [2.24, 2.45) is 17.8 Å². The molecule has 0 bridgehead atoms. The first-order valence-electron chi connectivity index (χ1n) is 19.8. The van der Waals surface area contributed by atoms with Gasteiger partial charge in [0.15, 0.2) is 0 Å². The Bertz CT molecular complexity index is 3870. The van der Waals surface area contributed by atoms with Crippen LogP contribution in [0.2, 0.25) is 0 Å². The van der Waals surface area contributed by atoms with Crippen molar-refractivity contribution < 1.29 is 97.5 Å². The molecule has 0 saturated carbocycles. The predicted molar refractivity (Wildman–Crippen MR) is 362 cm³/mol. The Labute approximate surface area is 484 Å². The van der Waals surface area contributed by atoms with E-state index in [0.29, 0.717) is 6.61 Å². The number of ether oxygens (including phenoxy) is 4. The second-order valence-electron chi connectivity index (χ2n) is 11.7. The molecule has 0 spiro atoms. The summed E-state index contributed by atoms with van der Waals surface area (Å²) in [6.45, 7) is 6.77. The van der Waals surface area contributed by atoms with Gasteiger partial charge in [0.25, 0.3) is 0 Å². The highest BCUT2D eigenvalue weighted by Gasteiger charge is 2.40. The molecule has 1 heterocycles. The van der Waals surface area contributed by atoms with Gasteiger partial charge < -0.3 is 18.9 Å². The van der Waals surface area contributed by atoms with E-state index in [2.05, 4.69) is 284 Å². The van der Waals surface area contributed by atoms with E-state index in [-0.39, 0.29) is 102 Å². The summed E-state index contributed by atoms with van der Waals surface area (Å²) in [6.07, 6.45) is -0.449. The molecule has 0 aromatic heterocycles. The summed E-state index contributed by atoms with van der Waals surface area (Å²) in [5.41, 5.74) is 0. The molecule has 0 amide bonds. The summed E-state index contributed by atoms with van der Waals surface area (Å²) in [6, 6.07) is 0. The van der Waals surface area contributed by atoms with Gasteiger partial charge in [-0.1, -0.05) is 24.7 Å². The zero-order valence-electron chi connectivity index (χ0n) is 38.2. The molecule has 7 heteroatoms. The molecule has 2 unspecified atom stereocenters. The highest BCUT2D eigenvalue weighted by Crippen LogP contribution is 2.33. The minimum atomic E-state index is -0.890. The Morgan fingerprint density at radius 2 is 0.676 bits per heavy atom. The van der Waals surface area contributed by atoms with Crippen molar-refractivity contribution in [1.29, 1.82) is 0 Å². The van der Waals surface area contributed by atoms with Crippen molar-refractivity contribution >= 4 is 17.9 Å². The first kappa shape index (κ1) is 56.8. The molecule has 0 aliphatic carbocycles. The van der Waals surface area contributed by atoms with Gasteiger partial charge in [-0.3, -0.25) is 0 Å². The number of hydrogen-bond acceptors (Lipinski definition) is 7. The van der Waals surface area contributed by atoms with Crippen LogP contribution in [-0.2, 0) is 33.3 Å². The van der Waals surface area contributed by atoms with Crippen LogP contribution in [0.4, 0.5) is 0 Å². The summed E-state index contributed by atoms with van der Waals surface area (Å²) in [7, 11) is 0. The van der Waals surface area contributed by atoms with E-state index in [1.165, 1.54) is 0 Å². The minimum absolute atomic E-state index is 0. The average molecular weight is 998 g/mol. The number of carbonyl (C=O) groups is 3. The van der Waals surface area contributed by atoms with Gasteiger partial charge in [0.2, 0.25) is 0 Å². The molecule has 1 rings (SSSR count). The topological polar surface area (TPSA) is 88.1 Å². The van der Waals surface area contributed by atoms with Crippen molar-refractivity contribution in [1.82, 2.24) is 0 Å². The van der Waals surface area contributed by atoms with Gasteiger partial charge in [-0.15, -0.1) is 0 Å². The maximum Gasteiger partial charge on any atom is 0.385 e. The molecule has 0 aromatic rings. The number of rotatable bonds is 8. The largest absolute Gasteiger partial charge is 0.456 e. The monoisotopic (exact) mass is 997 g/mol. The fourth-order valence-electron chi connectivity index (χ4n) is 4.25. The van der Waals surface area contributed by atoms with Gasteiger partial charge in [0.1, 0.15) is 0 Å². The van der Waals surface area contributed by atoms with Crippen molar-refractivity contribution in [2.45, 2.75) is 40.2 Å². The fourth-order valence-corrected chi connectivity index (χ4v) is 4.25. The molecule has 71 heavy (non-hydrogen) atoms. The van der Waals surface area contributed by atoms with Gasteiger partial charge in [-0.25, -0.2) is 14.4 Å². The van der Waals surface area contributed by atoms with Crippen LogP contribution in [0.1, 0.15) is 98.3 Å². The second kappa shape index (κ2) is 43.1. The van der Waals surface area contributed by atoms with E-state index >= 15 is 0 Å². The van der Waals surface area contributed by atoms with Crippen LogP contribution in [0.25, 0.3) is 0 Å². The summed E-state index contributed by atoms with van der Waals surface area (Å²) in [4.78, 5) is 37.4. The Morgan fingerprint density at radius 1 is 0.408 bits per heavy atom. The lowest BCUT2D eigenvalue weighted by molar-refractivity contribution is -0.144. The zero-order chi connectivity index (χ0) is 51.3. The molecule has 7 nitrogen and oxygen atoms in total. The Hall–Kier alpha value is -12.2. The molecule has 1 fully saturated rings. The van der Waals surface area contributed by atoms with E-state index in [1.807, 2.05) is 6.92 Å². The maximum atomic E-state index is 12.6. The smallest absolute Gasteiger partial charge is 0.385 e. The Balaban J connectivity index is -0.0000000261. The molecule has 0 radical (unpaired) electrons. The van der Waals surface area contributed by atoms with E-state index in [0.717, 1.165) is 0 Å². The third kappa shape index (κ3) is 34.9. The first-order chi connectivity index (χ1) is 34.9. The predicted octanol–water partition coefficient (Wildman–Crippen LogP) is 12.5. The number of esters is 3. The number of carbonyl (C=O) groups excluding carboxylic acids is 3. The van der Waals surface area contributed by atoms with Gasteiger partial charge >= 0.3 is 17.9 Å². The molecule has 0 N–H and O–H groups in total. The standard InChI is InChI=1S/C64H26O7.45H2/c1-5-8-11-14-17-20-23-26-29-32-35-38-41-44-47-50-61(65)68-54-53-59(56-69-62(66)51-48-45-42-39-36-33-30-27-24-21-18-15-12-9-6-2)64-60(58(4)55-71-64)57-70-63(67)52-49-46-43-40-37-34-31-28-25-22-19-16-13-10-7-3;;;;;;;;;;;;;;;;;;;;;;;;;;;;;;;;;;;;;;;;;;;;;/h58-60,64H,53-57H2,1-4H3;45*1H/t58-,59?,60+,64?;;;;;;;;;;;;;;;;;;;;;;;;;;;;;;;;;;;;;;;;;;;;;/m1............................................./s1. The van der Waals surface area contributed by atoms with Gasteiger partial charge in [-0.2, -0.15) is 0 Å². The van der Waals surface area contributed by atoms with Crippen LogP contribution < -0.4 is 0 Å². The van der Waals surface area contributed by atoms with E-state index in [9.17, 15) is 14.4 Å². The average Bonchev–Trinajstić information content (AvgIpc) is 1.71. The normalized spacial score (nSPS) is 10.7. The van der Waals surface area contributed by atoms with Crippen LogP contribution >= 0.6 is 0 Å². The van der Waals surface area contributed by atoms with E-state index in [4.69, 9.17) is 18.9 Å². The zero-order valence-corrected chi connectivity index (χ0v) is 38.2. The molecule has 0 aromatic carbocycles.